The fourth-order valence-corrected chi connectivity index (χ4v) is 2.75. The molecule has 0 fully saturated rings. The summed E-state index contributed by atoms with van der Waals surface area (Å²) in [5.41, 5.74) is 9.64. The monoisotopic (exact) mass is 295 g/mol. The number of nitrogens with one attached hydrogen (secondary N) is 2. The fraction of sp³-hybridized carbons (Fsp3) is 0.812. The number of aromatic amines is 1. The van der Waals surface area contributed by atoms with Crippen LogP contribution in [0.2, 0.25) is 0 Å². The van der Waals surface area contributed by atoms with Crippen molar-refractivity contribution >= 4 is 5.82 Å². The molecule has 0 aliphatic carbocycles. The van der Waals surface area contributed by atoms with Gasteiger partial charge in [-0.05, 0) is 6.42 Å². The minimum absolute atomic E-state index is 0.109. The third kappa shape index (κ3) is 7.48. The van der Waals surface area contributed by atoms with Crippen molar-refractivity contribution in [1.82, 2.24) is 15.6 Å². The summed E-state index contributed by atoms with van der Waals surface area (Å²) >= 11 is 0. The number of aromatic nitrogens is 2. The molecule has 1 aromatic rings. The summed E-state index contributed by atoms with van der Waals surface area (Å²) in [6.07, 6.45) is 16.2. The summed E-state index contributed by atoms with van der Waals surface area (Å²) in [7, 11) is 0. The van der Waals surface area contributed by atoms with Gasteiger partial charge in [-0.1, -0.05) is 71.1 Å². The van der Waals surface area contributed by atoms with Crippen molar-refractivity contribution in [3.63, 3.8) is 0 Å². The number of nitrogens with zero attached hydrogens (tertiary/aromatic N) is 1. The Morgan fingerprint density at radius 2 is 1.62 bits per heavy atom. The van der Waals surface area contributed by atoms with E-state index in [1.807, 2.05) is 0 Å². The number of hydrogen-bond donors (Lipinski definition) is 4. The quantitative estimate of drug-likeness (QED) is 0.253. The number of H-pyrrole nitrogens is 1. The van der Waals surface area contributed by atoms with Crippen molar-refractivity contribution in [3.05, 3.63) is 11.8 Å². The largest absolute Gasteiger partial charge is 0.384 e. The first-order chi connectivity index (χ1) is 10.3. The Morgan fingerprint density at radius 3 is 2.10 bits per heavy atom. The maximum atomic E-state index is 5.82. The normalized spacial score (nSPS) is 12.7. The first kappa shape index (κ1) is 18.0. The second kappa shape index (κ2) is 11.6. The van der Waals surface area contributed by atoms with E-state index >= 15 is 0 Å². The maximum absolute atomic E-state index is 5.82. The van der Waals surface area contributed by atoms with Crippen molar-refractivity contribution in [2.75, 3.05) is 5.73 Å². The second-order valence-corrected chi connectivity index (χ2v) is 5.93. The number of anilines is 1. The number of rotatable bonds is 13. The van der Waals surface area contributed by atoms with Gasteiger partial charge in [-0.25, -0.2) is 0 Å². The Hall–Kier alpha value is -1.07. The van der Waals surface area contributed by atoms with Gasteiger partial charge in [0.2, 0.25) is 0 Å². The molecule has 1 heterocycles. The van der Waals surface area contributed by atoms with Gasteiger partial charge in [0.1, 0.15) is 5.82 Å². The minimum atomic E-state index is 0.109. The summed E-state index contributed by atoms with van der Waals surface area (Å²) in [5.74, 6) is 6.22. The SMILES string of the molecule is CCCCCCCCCCCCC(NN)c1cn[nH]c1N. The van der Waals surface area contributed by atoms with Crippen molar-refractivity contribution in [1.29, 1.82) is 0 Å². The van der Waals surface area contributed by atoms with Gasteiger partial charge in [0.25, 0.3) is 0 Å². The molecule has 0 amide bonds. The third-order valence-electron chi connectivity index (χ3n) is 4.12. The molecule has 0 bridgehead atoms. The summed E-state index contributed by atoms with van der Waals surface area (Å²) in [5, 5.41) is 6.70. The highest BCUT2D eigenvalue weighted by Gasteiger charge is 2.13. The molecule has 1 rings (SSSR count). The molecule has 1 aromatic heterocycles. The van der Waals surface area contributed by atoms with Crippen LogP contribution in [-0.4, -0.2) is 10.2 Å². The molecule has 0 radical (unpaired) electrons. The highest BCUT2D eigenvalue weighted by Crippen LogP contribution is 2.22. The van der Waals surface area contributed by atoms with Gasteiger partial charge in [-0.3, -0.25) is 16.4 Å². The molecule has 5 heteroatoms. The van der Waals surface area contributed by atoms with Crippen LogP contribution in [0.1, 0.15) is 89.2 Å². The van der Waals surface area contributed by atoms with Crippen LogP contribution >= 0.6 is 0 Å². The Kier molecular flexibility index (Phi) is 9.91. The van der Waals surface area contributed by atoms with E-state index in [0.29, 0.717) is 5.82 Å². The van der Waals surface area contributed by atoms with Gasteiger partial charge in [-0.2, -0.15) is 5.10 Å². The summed E-state index contributed by atoms with van der Waals surface area (Å²) in [6, 6.07) is 0.109. The number of hydrazine groups is 1. The molecule has 0 aliphatic rings. The lowest BCUT2D eigenvalue weighted by molar-refractivity contribution is 0.475. The molecule has 21 heavy (non-hydrogen) atoms. The van der Waals surface area contributed by atoms with Crippen LogP contribution in [0.4, 0.5) is 5.82 Å². The van der Waals surface area contributed by atoms with Gasteiger partial charge in [-0.15, -0.1) is 0 Å². The zero-order valence-electron chi connectivity index (χ0n) is 13.5. The van der Waals surface area contributed by atoms with E-state index in [9.17, 15) is 0 Å². The maximum Gasteiger partial charge on any atom is 0.123 e. The molecule has 1 unspecified atom stereocenters. The number of hydrogen-bond acceptors (Lipinski definition) is 4. The van der Waals surface area contributed by atoms with E-state index in [1.54, 1.807) is 6.20 Å². The van der Waals surface area contributed by atoms with Crippen molar-refractivity contribution < 1.29 is 0 Å². The Morgan fingerprint density at radius 1 is 1.05 bits per heavy atom. The average molecular weight is 295 g/mol. The van der Waals surface area contributed by atoms with Gasteiger partial charge in [0.15, 0.2) is 0 Å². The van der Waals surface area contributed by atoms with Gasteiger partial charge in [0, 0.05) is 5.56 Å². The lowest BCUT2D eigenvalue weighted by Gasteiger charge is -2.14. The lowest BCUT2D eigenvalue weighted by atomic mass is 10.0. The summed E-state index contributed by atoms with van der Waals surface area (Å²) in [6.45, 7) is 2.26. The molecule has 122 valence electrons. The lowest BCUT2D eigenvalue weighted by Crippen LogP contribution is -2.28. The van der Waals surface area contributed by atoms with Crippen molar-refractivity contribution in [2.24, 2.45) is 5.84 Å². The van der Waals surface area contributed by atoms with E-state index in [2.05, 4.69) is 22.5 Å². The number of unbranched alkanes of at least 4 members (excludes halogenated alkanes) is 9. The van der Waals surface area contributed by atoms with Crippen molar-refractivity contribution in [3.8, 4) is 0 Å². The second-order valence-electron chi connectivity index (χ2n) is 5.93. The van der Waals surface area contributed by atoms with E-state index in [4.69, 9.17) is 11.6 Å². The van der Waals surface area contributed by atoms with Crippen LogP contribution in [-0.2, 0) is 0 Å². The van der Waals surface area contributed by atoms with Crippen molar-refractivity contribution in [2.45, 2.75) is 83.6 Å². The molecule has 1 atom stereocenters. The molecule has 0 aliphatic heterocycles. The number of nitrogen functional groups attached to an aromatic ring is 1. The molecule has 0 saturated heterocycles. The predicted molar refractivity (Wildman–Crippen MR) is 89.5 cm³/mol. The predicted octanol–water partition coefficient (Wildman–Crippen LogP) is 3.81. The minimum Gasteiger partial charge on any atom is -0.384 e. The van der Waals surface area contributed by atoms with E-state index < -0.39 is 0 Å². The molecule has 0 spiro atoms. The zero-order valence-corrected chi connectivity index (χ0v) is 13.5. The summed E-state index contributed by atoms with van der Waals surface area (Å²) in [4.78, 5) is 0. The van der Waals surface area contributed by atoms with Crippen LogP contribution in [0.5, 0.6) is 0 Å². The molecule has 6 N–H and O–H groups in total. The first-order valence-electron chi connectivity index (χ1n) is 8.54. The Bertz CT molecular complexity index is 350. The Balaban J connectivity index is 1.99. The first-order valence-corrected chi connectivity index (χ1v) is 8.54. The molecular formula is C16H33N5. The Labute approximate surface area is 129 Å². The molecule has 0 saturated carbocycles. The molecule has 0 aromatic carbocycles. The highest BCUT2D eigenvalue weighted by molar-refractivity contribution is 5.39. The topological polar surface area (TPSA) is 92.7 Å². The zero-order chi connectivity index (χ0) is 15.3. The van der Waals surface area contributed by atoms with E-state index in [-0.39, 0.29) is 6.04 Å². The van der Waals surface area contributed by atoms with Crippen LogP contribution < -0.4 is 17.0 Å². The fourth-order valence-electron chi connectivity index (χ4n) is 2.75. The van der Waals surface area contributed by atoms with Gasteiger partial charge < -0.3 is 5.73 Å². The average Bonchev–Trinajstić information content (AvgIpc) is 2.91. The molecule has 5 nitrogen and oxygen atoms in total. The van der Waals surface area contributed by atoms with E-state index in [1.165, 1.54) is 64.2 Å². The smallest absolute Gasteiger partial charge is 0.123 e. The van der Waals surface area contributed by atoms with Crippen LogP contribution in [0.3, 0.4) is 0 Å². The van der Waals surface area contributed by atoms with Crippen LogP contribution in [0.15, 0.2) is 6.20 Å². The van der Waals surface area contributed by atoms with E-state index in [0.717, 1.165) is 12.0 Å². The van der Waals surface area contributed by atoms with Crippen LogP contribution in [0, 0.1) is 0 Å². The standard InChI is InChI=1S/C16H33N5/c1-2-3-4-5-6-7-8-9-10-11-12-15(20-18)14-13-19-21-16(14)17/h13,15,20H,2-12,18H2,1H3,(H3,17,19,21). The third-order valence-corrected chi connectivity index (χ3v) is 4.12. The summed E-state index contributed by atoms with van der Waals surface area (Å²) < 4.78 is 0. The van der Waals surface area contributed by atoms with Gasteiger partial charge in [0.05, 0.1) is 12.2 Å². The van der Waals surface area contributed by atoms with Gasteiger partial charge >= 0.3 is 0 Å². The highest BCUT2D eigenvalue weighted by atomic mass is 15.2. The molecular weight excluding hydrogens is 262 g/mol. The number of nitrogens with two attached hydrogens (primary N) is 2. The van der Waals surface area contributed by atoms with Crippen LogP contribution in [0.25, 0.3) is 0 Å².